The zero-order valence-corrected chi connectivity index (χ0v) is 15.3. The average Bonchev–Trinajstić information content (AvgIpc) is 2.62. The van der Waals surface area contributed by atoms with Crippen LogP contribution in [-0.2, 0) is 4.79 Å². The Morgan fingerprint density at radius 3 is 2.40 bits per heavy atom. The normalized spacial score (nSPS) is 11.5. The minimum absolute atomic E-state index is 0.203. The average molecular weight is 364 g/mol. The van der Waals surface area contributed by atoms with Crippen molar-refractivity contribution < 1.29 is 19.0 Å². The summed E-state index contributed by atoms with van der Waals surface area (Å²) >= 11 is 5.98. The zero-order chi connectivity index (χ0) is 18.2. The van der Waals surface area contributed by atoms with E-state index < -0.39 is 6.10 Å². The molecular weight excluding hydrogens is 342 g/mol. The lowest BCUT2D eigenvalue weighted by atomic mass is 10.2. The summed E-state index contributed by atoms with van der Waals surface area (Å²) in [6.07, 6.45) is -0.610. The highest BCUT2D eigenvalue weighted by molar-refractivity contribution is 6.31. The van der Waals surface area contributed by atoms with Gasteiger partial charge in [-0.05, 0) is 61.9 Å². The van der Waals surface area contributed by atoms with E-state index in [0.29, 0.717) is 23.9 Å². The van der Waals surface area contributed by atoms with Crippen LogP contribution in [0.1, 0.15) is 12.5 Å². The lowest BCUT2D eigenvalue weighted by Crippen LogP contribution is -2.38. The lowest BCUT2D eigenvalue weighted by molar-refractivity contribution is -0.127. The van der Waals surface area contributed by atoms with Crippen molar-refractivity contribution in [2.24, 2.45) is 0 Å². The molecule has 0 aliphatic carbocycles. The molecule has 5 nitrogen and oxygen atoms in total. The Balaban J connectivity index is 1.72. The van der Waals surface area contributed by atoms with Gasteiger partial charge in [-0.3, -0.25) is 4.79 Å². The number of ether oxygens (including phenoxy) is 3. The van der Waals surface area contributed by atoms with Gasteiger partial charge in [0.15, 0.2) is 6.10 Å². The molecule has 2 aromatic carbocycles. The molecule has 2 aromatic rings. The highest BCUT2D eigenvalue weighted by Gasteiger charge is 2.14. The highest BCUT2D eigenvalue weighted by Crippen LogP contribution is 2.22. The van der Waals surface area contributed by atoms with Crippen molar-refractivity contribution in [1.29, 1.82) is 0 Å². The van der Waals surface area contributed by atoms with Crippen molar-refractivity contribution in [3.8, 4) is 17.2 Å². The molecule has 0 saturated heterocycles. The van der Waals surface area contributed by atoms with E-state index in [9.17, 15) is 4.79 Å². The molecule has 134 valence electrons. The van der Waals surface area contributed by atoms with Crippen molar-refractivity contribution in [1.82, 2.24) is 5.32 Å². The molecule has 0 saturated carbocycles. The number of rotatable bonds is 8. The monoisotopic (exact) mass is 363 g/mol. The van der Waals surface area contributed by atoms with Gasteiger partial charge >= 0.3 is 0 Å². The molecule has 0 heterocycles. The molecular formula is C19H22ClNO4. The van der Waals surface area contributed by atoms with Crippen LogP contribution < -0.4 is 19.5 Å². The van der Waals surface area contributed by atoms with Crippen LogP contribution in [0.3, 0.4) is 0 Å². The van der Waals surface area contributed by atoms with Crippen LogP contribution in [0.25, 0.3) is 0 Å². The summed E-state index contributed by atoms with van der Waals surface area (Å²) in [5, 5.41) is 3.45. The Kier molecular flexibility index (Phi) is 6.95. The Labute approximate surface area is 152 Å². The fourth-order valence-corrected chi connectivity index (χ4v) is 2.22. The SMILES string of the molecule is COc1ccc(OCCNC(=O)C(C)Oc2ccc(Cl)c(C)c2)cc1. The number of halogens is 1. The maximum absolute atomic E-state index is 12.1. The van der Waals surface area contributed by atoms with Gasteiger partial charge in [0.05, 0.1) is 13.7 Å². The number of amides is 1. The van der Waals surface area contributed by atoms with Gasteiger partial charge in [0, 0.05) is 5.02 Å². The van der Waals surface area contributed by atoms with Crippen molar-refractivity contribution >= 4 is 17.5 Å². The maximum atomic E-state index is 12.1. The molecule has 0 aromatic heterocycles. The molecule has 0 aliphatic rings. The van der Waals surface area contributed by atoms with E-state index in [2.05, 4.69) is 5.32 Å². The fourth-order valence-electron chi connectivity index (χ4n) is 2.11. The molecule has 2 rings (SSSR count). The summed E-state index contributed by atoms with van der Waals surface area (Å²) in [7, 11) is 1.61. The van der Waals surface area contributed by atoms with Crippen LogP contribution in [0.4, 0.5) is 0 Å². The number of hydrogen-bond donors (Lipinski definition) is 1. The summed E-state index contributed by atoms with van der Waals surface area (Å²) in [4.78, 5) is 12.1. The number of benzene rings is 2. The molecule has 0 radical (unpaired) electrons. The molecule has 1 atom stereocenters. The van der Waals surface area contributed by atoms with Crippen LogP contribution >= 0.6 is 11.6 Å². The van der Waals surface area contributed by atoms with E-state index in [-0.39, 0.29) is 5.91 Å². The molecule has 0 aliphatic heterocycles. The Morgan fingerprint density at radius 2 is 1.76 bits per heavy atom. The molecule has 1 unspecified atom stereocenters. The fraction of sp³-hybridized carbons (Fsp3) is 0.316. The van der Waals surface area contributed by atoms with E-state index in [0.717, 1.165) is 17.1 Å². The van der Waals surface area contributed by atoms with E-state index in [1.165, 1.54) is 0 Å². The zero-order valence-electron chi connectivity index (χ0n) is 14.5. The summed E-state index contributed by atoms with van der Waals surface area (Å²) in [5.41, 5.74) is 0.902. The second kappa shape index (κ2) is 9.18. The summed E-state index contributed by atoms with van der Waals surface area (Å²) < 4.78 is 16.3. The second-order valence-electron chi connectivity index (χ2n) is 5.49. The second-order valence-corrected chi connectivity index (χ2v) is 5.89. The van der Waals surface area contributed by atoms with Gasteiger partial charge in [-0.2, -0.15) is 0 Å². The lowest BCUT2D eigenvalue weighted by Gasteiger charge is -2.15. The minimum atomic E-state index is -0.610. The van der Waals surface area contributed by atoms with Gasteiger partial charge in [0.2, 0.25) is 0 Å². The third kappa shape index (κ3) is 5.87. The first-order chi connectivity index (χ1) is 12.0. The summed E-state index contributed by atoms with van der Waals surface area (Å²) in [6, 6.07) is 12.6. The first-order valence-corrected chi connectivity index (χ1v) is 8.35. The molecule has 0 spiro atoms. The van der Waals surface area contributed by atoms with Gasteiger partial charge in [0.25, 0.3) is 5.91 Å². The third-order valence-corrected chi connectivity index (χ3v) is 3.97. The summed E-state index contributed by atoms with van der Waals surface area (Å²) in [6.45, 7) is 4.34. The smallest absolute Gasteiger partial charge is 0.260 e. The van der Waals surface area contributed by atoms with Crippen molar-refractivity contribution in [3.05, 3.63) is 53.1 Å². The van der Waals surface area contributed by atoms with Gasteiger partial charge < -0.3 is 19.5 Å². The van der Waals surface area contributed by atoms with Crippen LogP contribution in [0.5, 0.6) is 17.2 Å². The highest BCUT2D eigenvalue weighted by atomic mass is 35.5. The van der Waals surface area contributed by atoms with Crippen molar-refractivity contribution in [2.75, 3.05) is 20.3 Å². The molecule has 25 heavy (non-hydrogen) atoms. The first-order valence-electron chi connectivity index (χ1n) is 7.97. The van der Waals surface area contributed by atoms with E-state index in [4.69, 9.17) is 25.8 Å². The van der Waals surface area contributed by atoms with Gasteiger partial charge in [-0.15, -0.1) is 0 Å². The van der Waals surface area contributed by atoms with Gasteiger partial charge in [-0.1, -0.05) is 11.6 Å². The Bertz CT molecular complexity index is 703. The topological polar surface area (TPSA) is 56.8 Å². The largest absolute Gasteiger partial charge is 0.497 e. The quantitative estimate of drug-likeness (QED) is 0.728. The Hall–Kier alpha value is -2.40. The molecule has 1 N–H and O–H groups in total. The van der Waals surface area contributed by atoms with Gasteiger partial charge in [0.1, 0.15) is 23.9 Å². The number of methoxy groups -OCH3 is 1. The van der Waals surface area contributed by atoms with Crippen LogP contribution in [0, 0.1) is 6.92 Å². The molecule has 6 heteroatoms. The Morgan fingerprint density at radius 1 is 1.12 bits per heavy atom. The maximum Gasteiger partial charge on any atom is 0.260 e. The predicted octanol–water partition coefficient (Wildman–Crippen LogP) is 3.62. The van der Waals surface area contributed by atoms with E-state index in [1.54, 1.807) is 32.2 Å². The number of carbonyl (C=O) groups is 1. The van der Waals surface area contributed by atoms with Crippen molar-refractivity contribution in [3.63, 3.8) is 0 Å². The van der Waals surface area contributed by atoms with Crippen molar-refractivity contribution in [2.45, 2.75) is 20.0 Å². The predicted molar refractivity (Wildman–Crippen MR) is 97.8 cm³/mol. The van der Waals surface area contributed by atoms with E-state index >= 15 is 0 Å². The third-order valence-electron chi connectivity index (χ3n) is 3.54. The number of carbonyl (C=O) groups excluding carboxylic acids is 1. The number of aryl methyl sites for hydroxylation is 1. The molecule has 1 amide bonds. The van der Waals surface area contributed by atoms with E-state index in [1.807, 2.05) is 31.2 Å². The standard InChI is InChI=1S/C19H22ClNO4/c1-13-12-17(8-9-18(13)20)25-14(2)19(22)21-10-11-24-16-6-4-15(23-3)5-7-16/h4-9,12,14H,10-11H2,1-3H3,(H,21,22). The first kappa shape index (κ1) is 18.9. The molecule has 0 fully saturated rings. The number of nitrogens with one attached hydrogen (secondary N) is 1. The van der Waals surface area contributed by atoms with Crippen LogP contribution in [0.15, 0.2) is 42.5 Å². The summed E-state index contributed by atoms with van der Waals surface area (Å²) in [5.74, 6) is 1.89. The molecule has 0 bridgehead atoms. The minimum Gasteiger partial charge on any atom is -0.497 e. The van der Waals surface area contributed by atoms with Crippen LogP contribution in [-0.4, -0.2) is 32.3 Å². The van der Waals surface area contributed by atoms with Gasteiger partial charge in [-0.25, -0.2) is 0 Å². The number of hydrogen-bond acceptors (Lipinski definition) is 4. The van der Waals surface area contributed by atoms with Crippen LogP contribution in [0.2, 0.25) is 5.02 Å².